The Bertz CT molecular complexity index is 552. The molecule has 1 aromatic rings. The van der Waals surface area contributed by atoms with Gasteiger partial charge in [0.15, 0.2) is 0 Å². The van der Waals surface area contributed by atoms with Crippen LogP contribution in [-0.2, 0) is 14.3 Å². The number of carbonyl (C=O) groups excluding carboxylic acids is 1. The average Bonchev–Trinajstić information content (AvgIpc) is 2.59. The van der Waals surface area contributed by atoms with E-state index < -0.39 is 5.97 Å². The molecule has 0 N–H and O–H groups in total. The molecule has 5 nitrogen and oxygen atoms in total. The van der Waals surface area contributed by atoms with E-state index in [4.69, 9.17) is 9.47 Å². The molecular formula is C17H22BrNO4. The van der Waals surface area contributed by atoms with E-state index in [0.29, 0.717) is 23.5 Å². The van der Waals surface area contributed by atoms with Crippen molar-refractivity contribution in [2.45, 2.75) is 19.8 Å². The first-order valence-electron chi connectivity index (χ1n) is 7.35. The standard InChI is InChI=1S/C17H22BrNO4/c1-4-5-10-23-15-8-6-13(7-9-15)17(22-3)19-14(12-18)11-16(20)21-2/h6-9,11H,4-5,10,12H2,1-3H3/b14-11+,19-17?. The number of hydrogen-bond donors (Lipinski definition) is 0. The molecule has 0 radical (unpaired) electrons. The van der Waals surface area contributed by atoms with Gasteiger partial charge in [-0.3, -0.25) is 0 Å². The van der Waals surface area contributed by atoms with Gasteiger partial charge in [-0.05, 0) is 30.7 Å². The van der Waals surface area contributed by atoms with Crippen molar-refractivity contribution in [3.63, 3.8) is 0 Å². The molecule has 0 spiro atoms. The number of carbonyl (C=O) groups is 1. The van der Waals surface area contributed by atoms with Gasteiger partial charge in [0.2, 0.25) is 5.90 Å². The van der Waals surface area contributed by atoms with E-state index in [-0.39, 0.29) is 0 Å². The van der Waals surface area contributed by atoms with Crippen LogP contribution in [0.5, 0.6) is 5.75 Å². The summed E-state index contributed by atoms with van der Waals surface area (Å²) >= 11 is 3.29. The van der Waals surface area contributed by atoms with Crippen LogP contribution in [0.1, 0.15) is 25.3 Å². The summed E-state index contributed by atoms with van der Waals surface area (Å²) in [6, 6.07) is 7.48. The highest BCUT2D eigenvalue weighted by atomic mass is 79.9. The number of methoxy groups -OCH3 is 2. The molecule has 0 aliphatic rings. The topological polar surface area (TPSA) is 57.1 Å². The van der Waals surface area contributed by atoms with Gasteiger partial charge >= 0.3 is 5.97 Å². The molecule has 0 unspecified atom stereocenters. The fourth-order valence-electron chi connectivity index (χ4n) is 1.68. The number of ether oxygens (including phenoxy) is 3. The Kier molecular flexibility index (Phi) is 9.05. The van der Waals surface area contributed by atoms with Gasteiger partial charge in [-0.2, -0.15) is 0 Å². The highest BCUT2D eigenvalue weighted by Crippen LogP contribution is 2.15. The van der Waals surface area contributed by atoms with Gasteiger partial charge in [-0.15, -0.1) is 0 Å². The number of rotatable bonds is 8. The fraction of sp³-hybridized carbons (Fsp3) is 0.412. The maximum absolute atomic E-state index is 11.3. The van der Waals surface area contributed by atoms with Crippen LogP contribution >= 0.6 is 15.9 Å². The number of halogens is 1. The Morgan fingerprint density at radius 2 is 1.91 bits per heavy atom. The molecule has 0 atom stereocenters. The van der Waals surface area contributed by atoms with Crippen molar-refractivity contribution in [2.75, 3.05) is 26.2 Å². The average molecular weight is 384 g/mol. The molecule has 1 aromatic carbocycles. The molecule has 0 bridgehead atoms. The number of esters is 1. The molecule has 0 amide bonds. The zero-order valence-electron chi connectivity index (χ0n) is 13.7. The van der Waals surface area contributed by atoms with Crippen molar-refractivity contribution in [3.8, 4) is 5.75 Å². The van der Waals surface area contributed by atoms with Gasteiger partial charge in [-0.25, -0.2) is 9.79 Å². The molecule has 126 valence electrons. The third-order valence-corrected chi connectivity index (χ3v) is 3.50. The van der Waals surface area contributed by atoms with Crippen molar-refractivity contribution in [3.05, 3.63) is 41.6 Å². The van der Waals surface area contributed by atoms with Crippen molar-refractivity contribution in [1.82, 2.24) is 0 Å². The van der Waals surface area contributed by atoms with E-state index in [1.54, 1.807) is 0 Å². The molecule has 0 aromatic heterocycles. The third-order valence-electron chi connectivity index (χ3n) is 2.93. The number of benzene rings is 1. The molecule has 0 heterocycles. The van der Waals surface area contributed by atoms with Gasteiger partial charge in [-0.1, -0.05) is 29.3 Å². The summed E-state index contributed by atoms with van der Waals surface area (Å²) in [6.07, 6.45) is 3.44. The number of alkyl halides is 1. The van der Waals surface area contributed by atoms with Crippen LogP contribution in [0.2, 0.25) is 0 Å². The van der Waals surface area contributed by atoms with Crippen LogP contribution in [0.15, 0.2) is 41.0 Å². The molecular weight excluding hydrogens is 362 g/mol. The van der Waals surface area contributed by atoms with Crippen LogP contribution in [0.3, 0.4) is 0 Å². The highest BCUT2D eigenvalue weighted by molar-refractivity contribution is 9.09. The second-order valence-electron chi connectivity index (χ2n) is 4.64. The van der Waals surface area contributed by atoms with E-state index in [0.717, 1.165) is 24.2 Å². The van der Waals surface area contributed by atoms with E-state index in [2.05, 4.69) is 32.6 Å². The van der Waals surface area contributed by atoms with E-state index in [9.17, 15) is 4.79 Å². The summed E-state index contributed by atoms with van der Waals surface area (Å²) in [4.78, 5) is 15.7. The quantitative estimate of drug-likeness (QED) is 0.171. The number of hydrogen-bond acceptors (Lipinski definition) is 5. The van der Waals surface area contributed by atoms with Gasteiger partial charge in [0.25, 0.3) is 0 Å². The van der Waals surface area contributed by atoms with Gasteiger partial charge in [0.05, 0.1) is 26.5 Å². The molecule has 0 aliphatic heterocycles. The van der Waals surface area contributed by atoms with E-state index in [1.807, 2.05) is 24.3 Å². The predicted molar refractivity (Wildman–Crippen MR) is 94.3 cm³/mol. The van der Waals surface area contributed by atoms with Crippen LogP contribution in [0, 0.1) is 0 Å². The van der Waals surface area contributed by atoms with Crippen molar-refractivity contribution in [1.29, 1.82) is 0 Å². The summed E-state index contributed by atoms with van der Waals surface area (Å²) < 4.78 is 15.5. The number of aliphatic imine (C=N–C) groups is 1. The minimum Gasteiger partial charge on any atom is -0.494 e. The Morgan fingerprint density at radius 3 is 2.43 bits per heavy atom. The Hall–Kier alpha value is -1.82. The zero-order valence-corrected chi connectivity index (χ0v) is 15.3. The molecule has 0 aliphatic carbocycles. The maximum Gasteiger partial charge on any atom is 0.332 e. The lowest BCUT2D eigenvalue weighted by atomic mass is 10.2. The van der Waals surface area contributed by atoms with Crippen LogP contribution in [0.4, 0.5) is 0 Å². The first-order valence-corrected chi connectivity index (χ1v) is 8.47. The van der Waals surface area contributed by atoms with Crippen LogP contribution in [-0.4, -0.2) is 38.0 Å². The molecule has 0 fully saturated rings. The fourth-order valence-corrected chi connectivity index (χ4v) is 1.97. The van der Waals surface area contributed by atoms with E-state index >= 15 is 0 Å². The van der Waals surface area contributed by atoms with Crippen molar-refractivity contribution < 1.29 is 19.0 Å². The lowest BCUT2D eigenvalue weighted by Gasteiger charge is -2.08. The van der Waals surface area contributed by atoms with Gasteiger partial charge in [0, 0.05) is 17.0 Å². The first-order chi connectivity index (χ1) is 11.1. The molecule has 0 saturated carbocycles. The second kappa shape index (κ2) is 10.8. The number of allylic oxidation sites excluding steroid dienone is 1. The Balaban J connectivity index is 2.89. The minimum atomic E-state index is -0.460. The summed E-state index contributed by atoms with van der Waals surface area (Å²) in [5, 5.41) is 0.410. The maximum atomic E-state index is 11.3. The Labute approximate surface area is 145 Å². The monoisotopic (exact) mass is 383 g/mol. The molecule has 1 rings (SSSR count). The smallest absolute Gasteiger partial charge is 0.332 e. The zero-order chi connectivity index (χ0) is 17.1. The Morgan fingerprint density at radius 1 is 1.22 bits per heavy atom. The lowest BCUT2D eigenvalue weighted by molar-refractivity contribution is -0.134. The summed E-state index contributed by atoms with van der Waals surface area (Å²) in [5.74, 6) is 0.765. The first kappa shape index (κ1) is 19.2. The summed E-state index contributed by atoms with van der Waals surface area (Å²) in [6.45, 7) is 2.83. The number of unbranched alkanes of at least 4 members (excludes halogenated alkanes) is 1. The lowest BCUT2D eigenvalue weighted by Crippen LogP contribution is -2.06. The molecule has 23 heavy (non-hydrogen) atoms. The minimum absolute atomic E-state index is 0.410. The number of nitrogens with zero attached hydrogens (tertiary/aromatic N) is 1. The highest BCUT2D eigenvalue weighted by Gasteiger charge is 2.07. The van der Waals surface area contributed by atoms with Gasteiger partial charge in [0.1, 0.15) is 5.75 Å². The largest absolute Gasteiger partial charge is 0.494 e. The van der Waals surface area contributed by atoms with Crippen LogP contribution in [0.25, 0.3) is 0 Å². The van der Waals surface area contributed by atoms with E-state index in [1.165, 1.54) is 20.3 Å². The third kappa shape index (κ3) is 6.86. The molecule has 0 saturated heterocycles. The molecule has 6 heteroatoms. The summed E-state index contributed by atoms with van der Waals surface area (Å²) in [7, 11) is 2.86. The van der Waals surface area contributed by atoms with Crippen molar-refractivity contribution in [2.24, 2.45) is 4.99 Å². The van der Waals surface area contributed by atoms with Gasteiger partial charge < -0.3 is 14.2 Å². The SMILES string of the molecule is CCCCOc1ccc(C(=N/C(=C/C(=O)OC)CBr)OC)cc1. The summed E-state index contributed by atoms with van der Waals surface area (Å²) in [5.41, 5.74) is 1.31. The normalized spacial score (nSPS) is 12.0. The second-order valence-corrected chi connectivity index (χ2v) is 5.20. The predicted octanol–water partition coefficient (Wildman–Crippen LogP) is 3.71. The van der Waals surface area contributed by atoms with Crippen LogP contribution < -0.4 is 4.74 Å². The van der Waals surface area contributed by atoms with Crippen molar-refractivity contribution >= 4 is 27.8 Å².